The number of benzene rings is 2. The van der Waals surface area contributed by atoms with Crippen LogP contribution in [0.2, 0.25) is 0 Å². The summed E-state index contributed by atoms with van der Waals surface area (Å²) in [4.78, 5) is 11.7. The van der Waals surface area contributed by atoms with Gasteiger partial charge in [-0.25, -0.2) is 5.43 Å². The maximum absolute atomic E-state index is 11.7. The van der Waals surface area contributed by atoms with E-state index in [1.165, 1.54) is 6.21 Å². The van der Waals surface area contributed by atoms with Crippen molar-refractivity contribution in [2.75, 3.05) is 0 Å². The van der Waals surface area contributed by atoms with Crippen LogP contribution in [0.3, 0.4) is 0 Å². The van der Waals surface area contributed by atoms with Crippen LogP contribution >= 0.6 is 15.9 Å². The molecule has 0 bridgehead atoms. The van der Waals surface area contributed by atoms with E-state index in [9.17, 15) is 9.90 Å². The number of nitrogens with one attached hydrogen (secondary N) is 1. The summed E-state index contributed by atoms with van der Waals surface area (Å²) in [6.07, 6.45) is 1.75. The van der Waals surface area contributed by atoms with E-state index in [0.29, 0.717) is 5.56 Å². The van der Waals surface area contributed by atoms with Crippen LogP contribution in [0.25, 0.3) is 0 Å². The highest BCUT2D eigenvalue weighted by molar-refractivity contribution is 9.10. The van der Waals surface area contributed by atoms with Gasteiger partial charge >= 0.3 is 0 Å². The van der Waals surface area contributed by atoms with Crippen molar-refractivity contribution < 1.29 is 9.90 Å². The highest BCUT2D eigenvalue weighted by Gasteiger charge is 2.01. The molecule has 0 saturated carbocycles. The van der Waals surface area contributed by atoms with Gasteiger partial charge in [-0.15, -0.1) is 0 Å². The third-order valence-corrected chi connectivity index (χ3v) is 3.08. The van der Waals surface area contributed by atoms with E-state index in [1.807, 2.05) is 24.3 Å². The molecule has 102 valence electrons. The van der Waals surface area contributed by atoms with Crippen molar-refractivity contribution in [3.63, 3.8) is 0 Å². The zero-order chi connectivity index (χ0) is 14.4. The summed E-state index contributed by atoms with van der Waals surface area (Å²) in [5.41, 5.74) is 4.08. The second kappa shape index (κ2) is 6.86. The fourth-order valence-electron chi connectivity index (χ4n) is 1.61. The van der Waals surface area contributed by atoms with Crippen molar-refractivity contribution in [2.45, 2.75) is 6.42 Å². The fourth-order valence-corrected chi connectivity index (χ4v) is 1.88. The number of hydrogen-bond acceptors (Lipinski definition) is 3. The van der Waals surface area contributed by atoms with Crippen LogP contribution in [-0.2, 0) is 11.2 Å². The van der Waals surface area contributed by atoms with Gasteiger partial charge in [-0.05, 0) is 35.4 Å². The number of hydrogen-bond donors (Lipinski definition) is 2. The second-order valence-corrected chi connectivity index (χ2v) is 5.11. The zero-order valence-corrected chi connectivity index (χ0v) is 12.2. The first-order valence-electron chi connectivity index (χ1n) is 5.99. The Morgan fingerprint density at radius 1 is 1.25 bits per heavy atom. The van der Waals surface area contributed by atoms with Crippen LogP contribution in [-0.4, -0.2) is 17.2 Å². The topological polar surface area (TPSA) is 61.7 Å². The van der Waals surface area contributed by atoms with E-state index < -0.39 is 0 Å². The van der Waals surface area contributed by atoms with E-state index >= 15 is 0 Å². The summed E-state index contributed by atoms with van der Waals surface area (Å²) >= 11 is 3.34. The predicted octanol–water partition coefficient (Wildman–Crippen LogP) is 2.85. The summed E-state index contributed by atoms with van der Waals surface area (Å²) in [5.74, 6) is -0.0288. The van der Waals surface area contributed by atoms with Gasteiger partial charge in [0, 0.05) is 4.47 Å². The molecule has 0 atom stereocenters. The molecule has 0 radical (unpaired) electrons. The Kier molecular flexibility index (Phi) is 4.90. The van der Waals surface area contributed by atoms with Crippen molar-refractivity contribution in [1.82, 2.24) is 5.43 Å². The van der Waals surface area contributed by atoms with Crippen molar-refractivity contribution in [1.29, 1.82) is 0 Å². The average Bonchev–Trinajstić information content (AvgIpc) is 2.41. The van der Waals surface area contributed by atoms with E-state index in [0.717, 1.165) is 10.0 Å². The van der Waals surface area contributed by atoms with Gasteiger partial charge in [0.15, 0.2) is 0 Å². The monoisotopic (exact) mass is 332 g/mol. The van der Waals surface area contributed by atoms with Crippen molar-refractivity contribution in [2.24, 2.45) is 5.10 Å². The molecular formula is C15H13BrN2O2. The number of phenols is 1. The summed E-state index contributed by atoms with van der Waals surface area (Å²) < 4.78 is 0.976. The number of phenolic OH excluding ortho intramolecular Hbond substituents is 1. The minimum absolute atomic E-state index is 0.162. The summed E-state index contributed by atoms with van der Waals surface area (Å²) in [6, 6.07) is 14.2. The van der Waals surface area contributed by atoms with Gasteiger partial charge in [-0.3, -0.25) is 4.79 Å². The van der Waals surface area contributed by atoms with Crippen LogP contribution in [0.5, 0.6) is 5.75 Å². The summed E-state index contributed by atoms with van der Waals surface area (Å²) in [6.45, 7) is 0. The number of aromatic hydroxyl groups is 1. The molecule has 4 nitrogen and oxygen atoms in total. The maximum atomic E-state index is 11.7. The molecule has 0 saturated heterocycles. The number of rotatable bonds is 4. The quantitative estimate of drug-likeness (QED) is 0.668. The third kappa shape index (κ3) is 4.51. The lowest BCUT2D eigenvalue weighted by Gasteiger charge is -2.00. The van der Waals surface area contributed by atoms with Crippen LogP contribution in [0.4, 0.5) is 0 Å². The van der Waals surface area contributed by atoms with Crippen LogP contribution in [0.1, 0.15) is 11.1 Å². The van der Waals surface area contributed by atoms with Gasteiger partial charge in [-0.2, -0.15) is 5.10 Å². The standard InChI is InChI=1S/C15H13BrN2O2/c16-13-6-4-11(5-7-13)9-15(20)18-17-10-12-2-1-3-14(19)8-12/h1-8,10,19H,9H2,(H,18,20)/b17-10-. The zero-order valence-electron chi connectivity index (χ0n) is 10.6. The average molecular weight is 333 g/mol. The molecular weight excluding hydrogens is 320 g/mol. The Morgan fingerprint density at radius 3 is 2.70 bits per heavy atom. The van der Waals surface area contributed by atoms with E-state index in [4.69, 9.17) is 0 Å². The molecule has 0 aliphatic rings. The highest BCUT2D eigenvalue weighted by Crippen LogP contribution is 2.11. The molecule has 0 aliphatic carbocycles. The van der Waals surface area contributed by atoms with E-state index in [1.54, 1.807) is 24.3 Å². The molecule has 0 aliphatic heterocycles. The molecule has 2 aromatic rings. The van der Waals surface area contributed by atoms with Crippen LogP contribution in [0.15, 0.2) is 58.1 Å². The number of amides is 1. The number of hydrazone groups is 1. The van der Waals surface area contributed by atoms with E-state index in [2.05, 4.69) is 26.5 Å². The van der Waals surface area contributed by atoms with Gasteiger partial charge in [0.25, 0.3) is 0 Å². The Bertz CT molecular complexity index is 624. The molecule has 0 unspecified atom stereocenters. The summed E-state index contributed by atoms with van der Waals surface area (Å²) in [5, 5.41) is 13.1. The minimum Gasteiger partial charge on any atom is -0.508 e. The van der Waals surface area contributed by atoms with Crippen LogP contribution in [0, 0.1) is 0 Å². The lowest BCUT2D eigenvalue weighted by atomic mass is 10.1. The number of halogens is 1. The molecule has 2 N–H and O–H groups in total. The Hall–Kier alpha value is -2.14. The third-order valence-electron chi connectivity index (χ3n) is 2.55. The number of carbonyl (C=O) groups is 1. The first kappa shape index (κ1) is 14.3. The molecule has 0 aromatic heterocycles. The molecule has 2 rings (SSSR count). The van der Waals surface area contributed by atoms with Gasteiger partial charge in [0.05, 0.1) is 12.6 Å². The molecule has 20 heavy (non-hydrogen) atoms. The number of carbonyl (C=O) groups excluding carboxylic acids is 1. The molecule has 0 spiro atoms. The van der Waals surface area contributed by atoms with Crippen LogP contribution < -0.4 is 5.43 Å². The highest BCUT2D eigenvalue weighted by atomic mass is 79.9. The molecule has 0 heterocycles. The largest absolute Gasteiger partial charge is 0.508 e. The maximum Gasteiger partial charge on any atom is 0.244 e. The lowest BCUT2D eigenvalue weighted by molar-refractivity contribution is -0.120. The Labute approximate surface area is 125 Å². The van der Waals surface area contributed by atoms with Crippen molar-refractivity contribution in [3.8, 4) is 5.75 Å². The normalized spacial score (nSPS) is 10.7. The second-order valence-electron chi connectivity index (χ2n) is 4.19. The Balaban J connectivity index is 1.87. The fraction of sp³-hybridized carbons (Fsp3) is 0.0667. The number of nitrogens with zero attached hydrogens (tertiary/aromatic N) is 1. The minimum atomic E-state index is -0.191. The van der Waals surface area contributed by atoms with Crippen molar-refractivity contribution >= 4 is 28.1 Å². The predicted molar refractivity (Wildman–Crippen MR) is 81.7 cm³/mol. The first-order chi connectivity index (χ1) is 9.63. The van der Waals surface area contributed by atoms with Gasteiger partial charge in [-0.1, -0.05) is 40.2 Å². The van der Waals surface area contributed by atoms with Gasteiger partial charge in [0.2, 0.25) is 5.91 Å². The molecule has 1 amide bonds. The first-order valence-corrected chi connectivity index (χ1v) is 6.78. The van der Waals surface area contributed by atoms with Gasteiger partial charge < -0.3 is 5.11 Å². The lowest BCUT2D eigenvalue weighted by Crippen LogP contribution is -2.19. The smallest absolute Gasteiger partial charge is 0.244 e. The SMILES string of the molecule is O=C(Cc1ccc(Br)cc1)N/N=C\c1cccc(O)c1. The van der Waals surface area contributed by atoms with Crippen molar-refractivity contribution in [3.05, 3.63) is 64.1 Å². The van der Waals surface area contributed by atoms with Gasteiger partial charge in [0.1, 0.15) is 5.75 Å². The molecule has 2 aromatic carbocycles. The van der Waals surface area contributed by atoms with E-state index in [-0.39, 0.29) is 18.1 Å². The summed E-state index contributed by atoms with van der Waals surface area (Å²) in [7, 11) is 0. The molecule has 5 heteroatoms. The Morgan fingerprint density at radius 2 is 2.00 bits per heavy atom. The molecule has 0 fully saturated rings.